The molecule has 6 N–H and O–H groups in total. The first-order valence-electron chi connectivity index (χ1n) is 9.84. The zero-order valence-electron chi connectivity index (χ0n) is 16.7. The molecule has 0 saturated carbocycles. The van der Waals surface area contributed by atoms with Crippen LogP contribution in [0.1, 0.15) is 0 Å². The van der Waals surface area contributed by atoms with Crippen molar-refractivity contribution >= 4 is 55.1 Å². The van der Waals surface area contributed by atoms with Gasteiger partial charge in [0.15, 0.2) is 5.13 Å². The number of rotatable bonds is 4. The number of fused-ring (bicyclic) bond motifs is 1. The summed E-state index contributed by atoms with van der Waals surface area (Å²) < 4.78 is 1.11. The zero-order chi connectivity index (χ0) is 21.4. The summed E-state index contributed by atoms with van der Waals surface area (Å²) in [6.45, 7) is 0. The molecule has 31 heavy (non-hydrogen) atoms. The highest BCUT2D eigenvalue weighted by molar-refractivity contribution is 7.22. The molecule has 0 amide bonds. The molecule has 0 saturated heterocycles. The van der Waals surface area contributed by atoms with Gasteiger partial charge in [-0.2, -0.15) is 0 Å². The molecule has 0 radical (unpaired) electrons. The third-order valence-corrected chi connectivity index (χ3v) is 6.12. The summed E-state index contributed by atoms with van der Waals surface area (Å²) >= 11 is 1.64. The maximum Gasteiger partial charge on any atom is 0.195 e. The van der Waals surface area contributed by atoms with Gasteiger partial charge < -0.3 is 17.2 Å². The van der Waals surface area contributed by atoms with Gasteiger partial charge in [0.25, 0.3) is 0 Å². The van der Waals surface area contributed by atoms with Crippen molar-refractivity contribution in [1.29, 1.82) is 0 Å². The van der Waals surface area contributed by atoms with E-state index in [-0.39, 0.29) is 0 Å². The van der Waals surface area contributed by atoms with Crippen LogP contribution >= 0.6 is 11.3 Å². The Morgan fingerprint density at radius 3 is 1.61 bits per heavy atom. The van der Waals surface area contributed by atoms with E-state index in [1.165, 1.54) is 0 Å². The van der Waals surface area contributed by atoms with Crippen molar-refractivity contribution in [2.45, 2.75) is 0 Å². The lowest BCUT2D eigenvalue weighted by atomic mass is 10.1. The number of nitrogen functional groups attached to an aromatic ring is 3. The minimum absolute atomic E-state index is 0.721. The standard InChI is InChI=1S/C25H21N5S/c26-18-4-1-16(2-5-18)17-3-14-23-24(15-17)31-25(29-23)30(21-10-6-19(27)7-11-21)22-12-8-20(28)9-13-22/h1-15H,26-28H2. The second-order valence-corrected chi connectivity index (χ2v) is 8.33. The Morgan fingerprint density at radius 1 is 0.581 bits per heavy atom. The molecule has 0 bridgehead atoms. The van der Waals surface area contributed by atoms with Gasteiger partial charge in [-0.05, 0) is 83.9 Å². The minimum atomic E-state index is 0.721. The lowest BCUT2D eigenvalue weighted by molar-refractivity contribution is 1.25. The normalized spacial score (nSPS) is 11.0. The molecule has 0 aliphatic rings. The molecule has 0 aliphatic heterocycles. The van der Waals surface area contributed by atoms with Gasteiger partial charge >= 0.3 is 0 Å². The van der Waals surface area contributed by atoms with E-state index in [0.717, 1.165) is 54.9 Å². The van der Waals surface area contributed by atoms with Gasteiger partial charge in [0.05, 0.1) is 10.2 Å². The van der Waals surface area contributed by atoms with Crippen LogP contribution in [0, 0.1) is 0 Å². The summed E-state index contributed by atoms with van der Waals surface area (Å²) in [6, 6.07) is 29.8. The number of anilines is 6. The molecule has 6 heteroatoms. The van der Waals surface area contributed by atoms with E-state index in [1.807, 2.05) is 72.8 Å². The highest BCUT2D eigenvalue weighted by Crippen LogP contribution is 2.40. The van der Waals surface area contributed by atoms with Crippen LogP contribution in [0.5, 0.6) is 0 Å². The highest BCUT2D eigenvalue weighted by atomic mass is 32.1. The molecular weight excluding hydrogens is 402 g/mol. The first-order chi connectivity index (χ1) is 15.1. The Bertz CT molecular complexity index is 1290. The van der Waals surface area contributed by atoms with Crippen LogP contribution in [0.3, 0.4) is 0 Å². The van der Waals surface area contributed by atoms with E-state index in [0.29, 0.717) is 0 Å². The number of nitrogens with two attached hydrogens (primary N) is 3. The van der Waals surface area contributed by atoms with Gasteiger partial charge in [-0.3, -0.25) is 4.90 Å². The van der Waals surface area contributed by atoms with Crippen LogP contribution in [0.2, 0.25) is 0 Å². The fourth-order valence-corrected chi connectivity index (χ4v) is 4.53. The molecular formula is C25H21N5S. The lowest BCUT2D eigenvalue weighted by Gasteiger charge is -2.22. The number of nitrogens with zero attached hydrogens (tertiary/aromatic N) is 2. The summed E-state index contributed by atoms with van der Waals surface area (Å²) in [5.41, 5.74) is 25.0. The Labute approximate surface area is 184 Å². The molecule has 0 atom stereocenters. The highest BCUT2D eigenvalue weighted by Gasteiger charge is 2.17. The van der Waals surface area contributed by atoms with E-state index in [1.54, 1.807) is 11.3 Å². The number of aromatic nitrogens is 1. The average molecular weight is 424 g/mol. The van der Waals surface area contributed by atoms with Crippen molar-refractivity contribution in [2.24, 2.45) is 0 Å². The molecule has 1 heterocycles. The molecule has 1 aromatic heterocycles. The Hall–Kier alpha value is -4.03. The van der Waals surface area contributed by atoms with Crippen molar-refractivity contribution in [3.05, 3.63) is 91.0 Å². The predicted octanol–water partition coefficient (Wildman–Crippen LogP) is 6.18. The number of hydrogen-bond acceptors (Lipinski definition) is 6. The van der Waals surface area contributed by atoms with E-state index >= 15 is 0 Å². The monoisotopic (exact) mass is 423 g/mol. The van der Waals surface area contributed by atoms with Gasteiger partial charge in [0.2, 0.25) is 0 Å². The molecule has 5 rings (SSSR count). The summed E-state index contributed by atoms with van der Waals surface area (Å²) in [4.78, 5) is 7.04. The zero-order valence-corrected chi connectivity index (χ0v) is 17.5. The van der Waals surface area contributed by atoms with Gasteiger partial charge in [0, 0.05) is 28.4 Å². The summed E-state index contributed by atoms with van der Waals surface area (Å²) in [6.07, 6.45) is 0. The lowest BCUT2D eigenvalue weighted by Crippen LogP contribution is -2.09. The molecule has 152 valence electrons. The maximum atomic E-state index is 5.91. The molecule has 5 nitrogen and oxygen atoms in total. The molecule has 0 spiro atoms. The van der Waals surface area contributed by atoms with Crippen molar-refractivity contribution < 1.29 is 0 Å². The van der Waals surface area contributed by atoms with Crippen molar-refractivity contribution in [1.82, 2.24) is 4.98 Å². The molecule has 4 aromatic carbocycles. The summed E-state index contributed by atoms with van der Waals surface area (Å²) in [5, 5.41) is 0.874. The number of benzene rings is 4. The second-order valence-electron chi connectivity index (χ2n) is 7.32. The van der Waals surface area contributed by atoms with Crippen molar-refractivity contribution in [2.75, 3.05) is 22.1 Å². The molecule has 0 fully saturated rings. The van der Waals surface area contributed by atoms with Crippen LogP contribution < -0.4 is 22.1 Å². The topological polar surface area (TPSA) is 94.2 Å². The van der Waals surface area contributed by atoms with E-state index < -0.39 is 0 Å². The summed E-state index contributed by atoms with van der Waals surface area (Å²) in [7, 11) is 0. The minimum Gasteiger partial charge on any atom is -0.399 e. The second kappa shape index (κ2) is 7.66. The average Bonchev–Trinajstić information content (AvgIpc) is 3.20. The van der Waals surface area contributed by atoms with Crippen molar-refractivity contribution in [3.63, 3.8) is 0 Å². The smallest absolute Gasteiger partial charge is 0.195 e. The summed E-state index contributed by atoms with van der Waals surface area (Å²) in [5.74, 6) is 0. The molecule has 5 aromatic rings. The van der Waals surface area contributed by atoms with Crippen molar-refractivity contribution in [3.8, 4) is 11.1 Å². The first kappa shape index (κ1) is 19.0. The van der Waals surface area contributed by atoms with Gasteiger partial charge in [-0.1, -0.05) is 29.5 Å². The van der Waals surface area contributed by atoms with Crippen LogP contribution in [-0.2, 0) is 0 Å². The quantitative estimate of drug-likeness (QED) is 0.300. The Morgan fingerprint density at radius 2 is 1.06 bits per heavy atom. The molecule has 0 aliphatic carbocycles. The van der Waals surface area contributed by atoms with E-state index in [4.69, 9.17) is 22.2 Å². The largest absolute Gasteiger partial charge is 0.399 e. The van der Waals surface area contributed by atoms with Gasteiger partial charge in [-0.25, -0.2) is 4.98 Å². The fourth-order valence-electron chi connectivity index (χ4n) is 3.48. The van der Waals surface area contributed by atoms with E-state index in [2.05, 4.69) is 23.1 Å². The van der Waals surface area contributed by atoms with Crippen LogP contribution in [-0.4, -0.2) is 4.98 Å². The first-order valence-corrected chi connectivity index (χ1v) is 10.7. The number of thiazole rings is 1. The molecule has 0 unspecified atom stereocenters. The van der Waals surface area contributed by atoms with Crippen LogP contribution in [0.15, 0.2) is 91.0 Å². The SMILES string of the molecule is Nc1ccc(-c2ccc3nc(N(c4ccc(N)cc4)c4ccc(N)cc4)sc3c2)cc1. The fraction of sp³-hybridized carbons (Fsp3) is 0. The predicted molar refractivity (Wildman–Crippen MR) is 133 cm³/mol. The van der Waals surface area contributed by atoms with Gasteiger partial charge in [-0.15, -0.1) is 0 Å². The Kier molecular flexibility index (Phi) is 4.69. The third-order valence-electron chi connectivity index (χ3n) is 5.12. The maximum absolute atomic E-state index is 5.91. The Balaban J connectivity index is 1.61. The van der Waals surface area contributed by atoms with Crippen LogP contribution in [0.25, 0.3) is 21.3 Å². The number of hydrogen-bond donors (Lipinski definition) is 3. The van der Waals surface area contributed by atoms with Crippen LogP contribution in [0.4, 0.5) is 33.6 Å². The van der Waals surface area contributed by atoms with Gasteiger partial charge in [0.1, 0.15) is 0 Å². The third kappa shape index (κ3) is 3.76. The van der Waals surface area contributed by atoms with E-state index in [9.17, 15) is 0 Å².